The van der Waals surface area contributed by atoms with Crippen LogP contribution in [0, 0.1) is 18.3 Å². The van der Waals surface area contributed by atoms with Crippen molar-refractivity contribution in [3.63, 3.8) is 0 Å². The SMILES string of the molecule is Cc1cc(Br)cc(N)c1Oc1ccc(C#N)cc1Br. The zero-order valence-electron chi connectivity index (χ0n) is 10.1. The summed E-state index contributed by atoms with van der Waals surface area (Å²) in [6.45, 7) is 1.92. The summed E-state index contributed by atoms with van der Waals surface area (Å²) in [5.41, 5.74) is 8.01. The van der Waals surface area contributed by atoms with Crippen molar-refractivity contribution in [1.82, 2.24) is 0 Å². The standard InChI is InChI=1S/C14H10Br2N2O/c1-8-4-10(15)6-12(18)14(8)19-13-3-2-9(7-17)5-11(13)16/h2-6H,18H2,1H3. The number of nitrogens with zero attached hydrogens (tertiary/aromatic N) is 1. The minimum absolute atomic E-state index is 0.558. The van der Waals surface area contributed by atoms with Crippen LogP contribution >= 0.6 is 31.9 Å². The van der Waals surface area contributed by atoms with Crippen LogP contribution in [-0.4, -0.2) is 0 Å². The van der Waals surface area contributed by atoms with Gasteiger partial charge in [-0.15, -0.1) is 0 Å². The summed E-state index contributed by atoms with van der Waals surface area (Å²) in [5, 5.41) is 8.82. The fourth-order valence-electron chi connectivity index (χ4n) is 1.66. The molecular formula is C14H10Br2N2O. The van der Waals surface area contributed by atoms with E-state index >= 15 is 0 Å². The molecular weight excluding hydrogens is 372 g/mol. The molecule has 0 amide bonds. The molecule has 0 heterocycles. The summed E-state index contributed by atoms with van der Waals surface area (Å²) in [7, 11) is 0. The summed E-state index contributed by atoms with van der Waals surface area (Å²) in [6, 6.07) is 10.9. The summed E-state index contributed by atoms with van der Waals surface area (Å²) in [5.74, 6) is 1.24. The quantitative estimate of drug-likeness (QED) is 0.762. The Kier molecular flexibility index (Phi) is 4.13. The molecule has 2 rings (SSSR count). The first-order chi connectivity index (χ1) is 9.01. The molecule has 2 N–H and O–H groups in total. The van der Waals surface area contributed by atoms with E-state index in [4.69, 9.17) is 15.7 Å². The number of nitrogens with two attached hydrogens (primary N) is 1. The van der Waals surface area contributed by atoms with Crippen LogP contribution in [0.25, 0.3) is 0 Å². The minimum Gasteiger partial charge on any atom is -0.454 e. The average molecular weight is 382 g/mol. The molecule has 0 saturated carbocycles. The van der Waals surface area contributed by atoms with Crippen LogP contribution < -0.4 is 10.5 Å². The van der Waals surface area contributed by atoms with E-state index < -0.39 is 0 Å². The molecule has 0 fully saturated rings. The first kappa shape index (κ1) is 13.9. The molecule has 0 aliphatic carbocycles. The van der Waals surface area contributed by atoms with Gasteiger partial charge in [-0.05, 0) is 58.7 Å². The number of benzene rings is 2. The van der Waals surface area contributed by atoms with Crippen LogP contribution in [0.1, 0.15) is 11.1 Å². The molecule has 0 aliphatic heterocycles. The van der Waals surface area contributed by atoms with E-state index in [1.165, 1.54) is 0 Å². The average Bonchev–Trinajstić information content (AvgIpc) is 2.35. The topological polar surface area (TPSA) is 59.0 Å². The molecule has 0 aliphatic rings. The second-order valence-corrected chi connectivity index (χ2v) is 5.77. The van der Waals surface area contributed by atoms with E-state index in [1.54, 1.807) is 24.3 Å². The Morgan fingerprint density at radius 2 is 1.95 bits per heavy atom. The maximum absolute atomic E-state index is 8.82. The van der Waals surface area contributed by atoms with Gasteiger partial charge in [0, 0.05) is 4.47 Å². The highest BCUT2D eigenvalue weighted by molar-refractivity contribution is 9.10. The molecule has 0 bridgehead atoms. The predicted octanol–water partition coefficient (Wildman–Crippen LogP) is 4.77. The lowest BCUT2D eigenvalue weighted by atomic mass is 10.2. The predicted molar refractivity (Wildman–Crippen MR) is 82.2 cm³/mol. The third-order valence-corrected chi connectivity index (χ3v) is 3.62. The fraction of sp³-hybridized carbons (Fsp3) is 0.0714. The monoisotopic (exact) mass is 380 g/mol. The second kappa shape index (κ2) is 5.64. The van der Waals surface area contributed by atoms with Crippen LogP contribution in [-0.2, 0) is 0 Å². The Morgan fingerprint density at radius 1 is 1.21 bits per heavy atom. The van der Waals surface area contributed by atoms with Crippen molar-refractivity contribution in [3.8, 4) is 17.6 Å². The first-order valence-electron chi connectivity index (χ1n) is 5.44. The van der Waals surface area contributed by atoms with Crippen LogP contribution in [0.2, 0.25) is 0 Å². The van der Waals surface area contributed by atoms with Gasteiger partial charge in [-0.2, -0.15) is 5.26 Å². The molecule has 3 nitrogen and oxygen atoms in total. The van der Waals surface area contributed by atoms with Crippen molar-refractivity contribution in [2.24, 2.45) is 0 Å². The molecule has 0 spiro atoms. The Morgan fingerprint density at radius 3 is 2.53 bits per heavy atom. The zero-order valence-corrected chi connectivity index (χ0v) is 13.2. The molecule has 0 atom stereocenters. The molecule has 0 saturated heterocycles. The number of nitriles is 1. The smallest absolute Gasteiger partial charge is 0.153 e. The van der Waals surface area contributed by atoms with Crippen LogP contribution in [0.3, 0.4) is 0 Å². The summed E-state index contributed by atoms with van der Waals surface area (Å²) in [6.07, 6.45) is 0. The highest BCUT2D eigenvalue weighted by Gasteiger charge is 2.10. The molecule has 5 heteroatoms. The lowest BCUT2D eigenvalue weighted by Gasteiger charge is -2.13. The van der Waals surface area contributed by atoms with Gasteiger partial charge in [-0.1, -0.05) is 15.9 Å². The van der Waals surface area contributed by atoms with Gasteiger partial charge in [-0.25, -0.2) is 0 Å². The lowest BCUT2D eigenvalue weighted by Crippen LogP contribution is -1.95. The largest absolute Gasteiger partial charge is 0.454 e. The first-order valence-corrected chi connectivity index (χ1v) is 7.03. The third-order valence-electron chi connectivity index (χ3n) is 2.54. The fourth-order valence-corrected chi connectivity index (χ4v) is 2.71. The van der Waals surface area contributed by atoms with E-state index in [-0.39, 0.29) is 0 Å². The normalized spacial score (nSPS) is 10.0. The van der Waals surface area contributed by atoms with Gasteiger partial charge in [0.15, 0.2) is 5.75 Å². The molecule has 0 radical (unpaired) electrons. The summed E-state index contributed by atoms with van der Waals surface area (Å²) < 4.78 is 7.45. The van der Waals surface area contributed by atoms with Gasteiger partial charge in [-0.3, -0.25) is 0 Å². The number of nitrogen functional groups attached to an aromatic ring is 1. The lowest BCUT2D eigenvalue weighted by molar-refractivity contribution is 0.478. The van der Waals surface area contributed by atoms with Crippen molar-refractivity contribution in [2.45, 2.75) is 6.92 Å². The Labute approximate surface area is 128 Å². The maximum atomic E-state index is 8.82. The van der Waals surface area contributed by atoms with Gasteiger partial charge in [0.1, 0.15) is 5.75 Å². The number of hydrogen-bond donors (Lipinski definition) is 1. The van der Waals surface area contributed by atoms with Gasteiger partial charge < -0.3 is 10.5 Å². The Balaban J connectivity index is 2.40. The molecule has 0 unspecified atom stereocenters. The van der Waals surface area contributed by atoms with Crippen molar-refractivity contribution >= 4 is 37.5 Å². The third kappa shape index (κ3) is 3.09. The van der Waals surface area contributed by atoms with Gasteiger partial charge in [0.25, 0.3) is 0 Å². The molecule has 96 valence electrons. The maximum Gasteiger partial charge on any atom is 0.153 e. The molecule has 19 heavy (non-hydrogen) atoms. The second-order valence-electron chi connectivity index (χ2n) is 4.00. The summed E-state index contributed by atoms with van der Waals surface area (Å²) >= 11 is 6.77. The van der Waals surface area contributed by atoms with Crippen molar-refractivity contribution < 1.29 is 4.74 Å². The van der Waals surface area contributed by atoms with E-state index in [9.17, 15) is 0 Å². The molecule has 2 aromatic carbocycles. The number of aryl methyl sites for hydroxylation is 1. The van der Waals surface area contributed by atoms with Gasteiger partial charge >= 0.3 is 0 Å². The highest BCUT2D eigenvalue weighted by Crippen LogP contribution is 2.36. The van der Waals surface area contributed by atoms with E-state index in [1.807, 2.05) is 13.0 Å². The van der Waals surface area contributed by atoms with Crippen LogP contribution in [0.4, 0.5) is 5.69 Å². The van der Waals surface area contributed by atoms with Crippen LogP contribution in [0.5, 0.6) is 11.5 Å². The number of halogens is 2. The number of rotatable bonds is 2. The molecule has 2 aromatic rings. The van der Waals surface area contributed by atoms with Crippen molar-refractivity contribution in [2.75, 3.05) is 5.73 Å². The van der Waals surface area contributed by atoms with E-state index in [0.717, 1.165) is 10.0 Å². The zero-order chi connectivity index (χ0) is 14.0. The Bertz CT molecular complexity index is 655. The van der Waals surface area contributed by atoms with Crippen molar-refractivity contribution in [3.05, 3.63) is 50.4 Å². The molecule has 0 aromatic heterocycles. The summed E-state index contributed by atoms with van der Waals surface area (Å²) in [4.78, 5) is 0. The van der Waals surface area contributed by atoms with Crippen LogP contribution in [0.15, 0.2) is 39.3 Å². The highest BCUT2D eigenvalue weighted by atomic mass is 79.9. The Hall–Kier alpha value is -1.51. The van der Waals surface area contributed by atoms with E-state index in [2.05, 4.69) is 37.9 Å². The minimum atomic E-state index is 0.558. The number of ether oxygens (including phenoxy) is 1. The van der Waals surface area contributed by atoms with Gasteiger partial charge in [0.2, 0.25) is 0 Å². The van der Waals surface area contributed by atoms with Crippen molar-refractivity contribution in [1.29, 1.82) is 5.26 Å². The van der Waals surface area contributed by atoms with E-state index in [0.29, 0.717) is 27.2 Å². The number of hydrogen-bond acceptors (Lipinski definition) is 3. The number of anilines is 1. The van der Waals surface area contributed by atoms with Gasteiger partial charge in [0.05, 0.1) is 21.8 Å².